The van der Waals surface area contributed by atoms with Crippen molar-refractivity contribution in [1.82, 2.24) is 9.55 Å². The summed E-state index contributed by atoms with van der Waals surface area (Å²) in [7, 11) is -2.25. The van der Waals surface area contributed by atoms with E-state index in [9.17, 15) is 8.42 Å². The highest BCUT2D eigenvalue weighted by molar-refractivity contribution is 7.92. The van der Waals surface area contributed by atoms with Crippen molar-refractivity contribution < 1.29 is 8.42 Å². The first-order chi connectivity index (χ1) is 8.81. The molecule has 0 aliphatic carbocycles. The molecule has 3 N–H and O–H groups in total. The molecule has 0 unspecified atom stereocenters. The minimum absolute atomic E-state index is 0.0466. The highest BCUT2D eigenvalue weighted by Gasteiger charge is 2.23. The lowest BCUT2D eigenvalue weighted by Gasteiger charge is -2.11. The monoisotopic (exact) mass is 300 g/mol. The van der Waals surface area contributed by atoms with Crippen LogP contribution in [0.1, 0.15) is 5.56 Å². The number of nitrogens with one attached hydrogen (secondary N) is 1. The van der Waals surface area contributed by atoms with Crippen LogP contribution in [0, 0.1) is 6.92 Å². The van der Waals surface area contributed by atoms with E-state index in [1.807, 2.05) is 0 Å². The van der Waals surface area contributed by atoms with E-state index >= 15 is 0 Å². The lowest BCUT2D eigenvalue weighted by molar-refractivity contribution is 0.592. The number of sulfonamides is 1. The predicted octanol–water partition coefficient (Wildman–Crippen LogP) is 1.76. The number of rotatable bonds is 3. The molecule has 0 saturated heterocycles. The number of anilines is 2. The molecular weight excluding hydrogens is 288 g/mol. The minimum atomic E-state index is -3.80. The Hall–Kier alpha value is -1.73. The van der Waals surface area contributed by atoms with Gasteiger partial charge in [-0.25, -0.2) is 4.98 Å². The van der Waals surface area contributed by atoms with E-state index in [0.29, 0.717) is 10.7 Å². The molecule has 0 atom stereocenters. The van der Waals surface area contributed by atoms with Crippen molar-refractivity contribution in [3.63, 3.8) is 0 Å². The number of imidazole rings is 1. The number of nitrogens with two attached hydrogens (primary N) is 1. The maximum atomic E-state index is 12.3. The fourth-order valence-corrected chi connectivity index (χ4v) is 3.19. The van der Waals surface area contributed by atoms with Crippen LogP contribution in [0.3, 0.4) is 0 Å². The van der Waals surface area contributed by atoms with Gasteiger partial charge in [-0.15, -0.1) is 0 Å². The van der Waals surface area contributed by atoms with Gasteiger partial charge in [-0.3, -0.25) is 4.72 Å². The van der Waals surface area contributed by atoms with Crippen molar-refractivity contribution >= 4 is 33.1 Å². The Morgan fingerprint density at radius 2 is 2.11 bits per heavy atom. The highest BCUT2D eigenvalue weighted by atomic mass is 35.5. The van der Waals surface area contributed by atoms with E-state index in [2.05, 4.69) is 9.71 Å². The van der Waals surface area contributed by atoms with Gasteiger partial charge in [0, 0.05) is 12.1 Å². The van der Waals surface area contributed by atoms with Crippen LogP contribution in [0.25, 0.3) is 0 Å². The van der Waals surface area contributed by atoms with E-state index in [1.165, 1.54) is 10.9 Å². The molecule has 0 aliphatic heterocycles. The third-order valence-corrected chi connectivity index (χ3v) is 4.34. The van der Waals surface area contributed by atoms with Gasteiger partial charge in [0.2, 0.25) is 0 Å². The Balaban J connectivity index is 2.45. The van der Waals surface area contributed by atoms with E-state index < -0.39 is 10.0 Å². The van der Waals surface area contributed by atoms with Gasteiger partial charge in [0.25, 0.3) is 10.0 Å². The maximum absolute atomic E-state index is 12.3. The van der Waals surface area contributed by atoms with Crippen molar-refractivity contribution in [2.75, 3.05) is 10.5 Å². The average Bonchev–Trinajstić information content (AvgIpc) is 2.64. The van der Waals surface area contributed by atoms with Gasteiger partial charge in [-0.2, -0.15) is 8.42 Å². The highest BCUT2D eigenvalue weighted by Crippen LogP contribution is 2.24. The first-order valence-corrected chi connectivity index (χ1v) is 7.23. The van der Waals surface area contributed by atoms with Crippen molar-refractivity contribution in [3.8, 4) is 0 Å². The summed E-state index contributed by atoms with van der Waals surface area (Å²) in [5.74, 6) is -0.0466. The minimum Gasteiger partial charge on any atom is -0.381 e. The van der Waals surface area contributed by atoms with Crippen LogP contribution >= 0.6 is 11.6 Å². The lowest BCUT2D eigenvalue weighted by atomic mass is 10.2. The van der Waals surface area contributed by atoms with Gasteiger partial charge in [-0.1, -0.05) is 17.7 Å². The zero-order valence-corrected chi connectivity index (χ0v) is 12.0. The van der Waals surface area contributed by atoms with E-state index in [-0.39, 0.29) is 10.8 Å². The Bertz CT molecular complexity index is 705. The van der Waals surface area contributed by atoms with E-state index in [0.717, 1.165) is 5.56 Å². The normalized spacial score (nSPS) is 11.5. The lowest BCUT2D eigenvalue weighted by Crippen LogP contribution is -2.18. The smallest absolute Gasteiger partial charge is 0.281 e. The van der Waals surface area contributed by atoms with Crippen LogP contribution in [0.2, 0.25) is 5.02 Å². The molecule has 1 heterocycles. The number of aromatic nitrogens is 2. The molecule has 8 heteroatoms. The molecule has 0 amide bonds. The first kappa shape index (κ1) is 13.7. The number of benzene rings is 1. The van der Waals surface area contributed by atoms with Crippen LogP contribution in [0.15, 0.2) is 29.6 Å². The molecule has 102 valence electrons. The topological polar surface area (TPSA) is 90.0 Å². The zero-order chi connectivity index (χ0) is 14.2. The first-order valence-electron chi connectivity index (χ1n) is 5.37. The number of aryl methyl sites for hydroxylation is 2. The Labute approximate surface area is 116 Å². The zero-order valence-electron chi connectivity index (χ0n) is 10.4. The summed E-state index contributed by atoms with van der Waals surface area (Å²) in [5.41, 5.74) is 6.74. The summed E-state index contributed by atoms with van der Waals surface area (Å²) in [4.78, 5) is 3.76. The van der Waals surface area contributed by atoms with Crippen molar-refractivity contribution in [2.24, 2.45) is 7.05 Å². The van der Waals surface area contributed by atoms with Crippen LogP contribution in [-0.4, -0.2) is 18.0 Å². The van der Waals surface area contributed by atoms with Gasteiger partial charge < -0.3 is 10.3 Å². The van der Waals surface area contributed by atoms with Gasteiger partial charge in [-0.05, 0) is 24.6 Å². The molecular formula is C11H13ClN4O2S. The van der Waals surface area contributed by atoms with Gasteiger partial charge in [0.05, 0.1) is 12.0 Å². The summed E-state index contributed by atoms with van der Waals surface area (Å²) in [6.45, 7) is 1.78. The van der Waals surface area contributed by atoms with Gasteiger partial charge in [0.15, 0.2) is 10.8 Å². The number of nitrogen functional groups attached to an aromatic ring is 1. The molecule has 0 bridgehead atoms. The summed E-state index contributed by atoms with van der Waals surface area (Å²) < 4.78 is 28.3. The molecule has 1 aromatic heterocycles. The predicted molar refractivity (Wildman–Crippen MR) is 74.6 cm³/mol. The number of hydrogen-bond acceptors (Lipinski definition) is 4. The van der Waals surface area contributed by atoms with Gasteiger partial charge in [0.1, 0.15) is 0 Å². The number of hydrogen-bond donors (Lipinski definition) is 2. The molecule has 0 radical (unpaired) electrons. The third-order valence-electron chi connectivity index (χ3n) is 2.61. The van der Waals surface area contributed by atoms with Crippen molar-refractivity contribution in [3.05, 3.63) is 35.1 Å². The Morgan fingerprint density at radius 1 is 1.42 bits per heavy atom. The van der Waals surface area contributed by atoms with Crippen LogP contribution < -0.4 is 10.5 Å². The Morgan fingerprint density at radius 3 is 2.68 bits per heavy atom. The average molecular weight is 301 g/mol. The summed E-state index contributed by atoms with van der Waals surface area (Å²) in [5, 5.41) is 0.369. The SMILES string of the molecule is Cc1ccc(Cl)cc1NS(=O)(=O)c1c(N)ncn1C. The summed E-state index contributed by atoms with van der Waals surface area (Å²) in [6, 6.07) is 4.96. The molecule has 2 rings (SSSR count). The van der Waals surface area contributed by atoms with E-state index in [1.54, 1.807) is 32.2 Å². The molecule has 19 heavy (non-hydrogen) atoms. The molecule has 0 saturated carbocycles. The fraction of sp³-hybridized carbons (Fsp3) is 0.182. The second-order valence-electron chi connectivity index (χ2n) is 4.11. The maximum Gasteiger partial charge on any atom is 0.281 e. The Kier molecular flexibility index (Phi) is 3.42. The quantitative estimate of drug-likeness (QED) is 0.904. The number of halogens is 1. The third kappa shape index (κ3) is 2.66. The molecule has 0 aliphatic rings. The largest absolute Gasteiger partial charge is 0.381 e. The second-order valence-corrected chi connectivity index (χ2v) is 6.14. The fourth-order valence-electron chi connectivity index (χ4n) is 1.66. The van der Waals surface area contributed by atoms with Crippen molar-refractivity contribution in [1.29, 1.82) is 0 Å². The van der Waals surface area contributed by atoms with Gasteiger partial charge >= 0.3 is 0 Å². The van der Waals surface area contributed by atoms with E-state index in [4.69, 9.17) is 17.3 Å². The molecule has 0 spiro atoms. The summed E-state index contributed by atoms with van der Waals surface area (Å²) in [6.07, 6.45) is 1.34. The molecule has 2 aromatic rings. The number of nitrogens with zero attached hydrogens (tertiary/aromatic N) is 2. The standard InChI is InChI=1S/C11H13ClN4O2S/c1-7-3-4-8(12)5-9(7)15-19(17,18)11-10(13)14-6-16(11)2/h3-6,15H,13H2,1-2H3. The molecule has 6 nitrogen and oxygen atoms in total. The van der Waals surface area contributed by atoms with Crippen LogP contribution in [0.4, 0.5) is 11.5 Å². The molecule has 0 fully saturated rings. The van der Waals surface area contributed by atoms with Crippen molar-refractivity contribution in [2.45, 2.75) is 11.9 Å². The molecule has 1 aromatic carbocycles. The summed E-state index contributed by atoms with van der Waals surface area (Å²) >= 11 is 5.86. The van der Waals surface area contributed by atoms with Crippen LogP contribution in [0.5, 0.6) is 0 Å². The van der Waals surface area contributed by atoms with Crippen LogP contribution in [-0.2, 0) is 17.1 Å². The second kappa shape index (κ2) is 4.75.